The third-order valence-electron chi connectivity index (χ3n) is 4.86. The summed E-state index contributed by atoms with van der Waals surface area (Å²) >= 11 is 2.18. The monoisotopic (exact) mass is 269 g/mol. The van der Waals surface area contributed by atoms with Crippen LogP contribution < -0.4 is 5.32 Å². The van der Waals surface area contributed by atoms with Gasteiger partial charge in [0.2, 0.25) is 0 Å². The van der Waals surface area contributed by atoms with E-state index in [1.54, 1.807) is 0 Å². The summed E-state index contributed by atoms with van der Waals surface area (Å²) in [5.41, 5.74) is 0.587. The standard InChI is InChI=1S/C16H31NS/c1-4-18-15-9-5-8-14(15)17-13-7-6-11-16(2,3)12-10-13/h13-15,17H,4-12H2,1-3H3. The molecule has 2 saturated carbocycles. The summed E-state index contributed by atoms with van der Waals surface area (Å²) in [5.74, 6) is 1.28. The summed E-state index contributed by atoms with van der Waals surface area (Å²) in [6, 6.07) is 1.61. The van der Waals surface area contributed by atoms with Gasteiger partial charge in [-0.25, -0.2) is 0 Å². The van der Waals surface area contributed by atoms with Gasteiger partial charge in [0.05, 0.1) is 0 Å². The summed E-state index contributed by atoms with van der Waals surface area (Å²) in [5, 5.41) is 4.90. The lowest BCUT2D eigenvalue weighted by Gasteiger charge is -2.27. The van der Waals surface area contributed by atoms with Gasteiger partial charge in [-0.1, -0.05) is 33.6 Å². The maximum absolute atomic E-state index is 4.01. The first-order valence-electron chi connectivity index (χ1n) is 7.98. The van der Waals surface area contributed by atoms with Crippen LogP contribution in [0.15, 0.2) is 0 Å². The Morgan fingerprint density at radius 3 is 2.67 bits per heavy atom. The fraction of sp³-hybridized carbons (Fsp3) is 1.00. The Morgan fingerprint density at radius 2 is 1.89 bits per heavy atom. The lowest BCUT2D eigenvalue weighted by Crippen LogP contribution is -2.41. The predicted octanol–water partition coefficient (Wildman–Crippen LogP) is 4.61. The van der Waals surface area contributed by atoms with Gasteiger partial charge >= 0.3 is 0 Å². The topological polar surface area (TPSA) is 12.0 Å². The molecule has 0 aromatic heterocycles. The van der Waals surface area contributed by atoms with Crippen molar-refractivity contribution in [1.29, 1.82) is 0 Å². The average Bonchev–Trinajstić information content (AvgIpc) is 2.66. The molecule has 1 N–H and O–H groups in total. The van der Waals surface area contributed by atoms with E-state index in [4.69, 9.17) is 0 Å². The molecule has 0 heterocycles. The summed E-state index contributed by atoms with van der Waals surface area (Å²) in [7, 11) is 0. The van der Waals surface area contributed by atoms with Crippen molar-refractivity contribution in [3.63, 3.8) is 0 Å². The summed E-state index contributed by atoms with van der Waals surface area (Å²) in [6.45, 7) is 7.19. The van der Waals surface area contributed by atoms with Crippen molar-refractivity contribution < 1.29 is 0 Å². The van der Waals surface area contributed by atoms with Gasteiger partial charge in [-0.3, -0.25) is 0 Å². The molecular weight excluding hydrogens is 238 g/mol. The molecule has 0 amide bonds. The minimum absolute atomic E-state index is 0.587. The van der Waals surface area contributed by atoms with Crippen molar-refractivity contribution in [2.24, 2.45) is 5.41 Å². The SMILES string of the molecule is CCSC1CCCC1NC1CCCC(C)(C)CC1. The van der Waals surface area contributed by atoms with Crippen LogP contribution in [0.25, 0.3) is 0 Å². The summed E-state index contributed by atoms with van der Waals surface area (Å²) in [4.78, 5) is 0. The lowest BCUT2D eigenvalue weighted by atomic mass is 9.85. The first-order chi connectivity index (χ1) is 8.61. The molecular formula is C16H31NS. The van der Waals surface area contributed by atoms with Crippen LogP contribution >= 0.6 is 11.8 Å². The van der Waals surface area contributed by atoms with Crippen molar-refractivity contribution in [3.8, 4) is 0 Å². The molecule has 0 saturated heterocycles. The molecule has 0 bridgehead atoms. The minimum atomic E-state index is 0.587. The number of hydrogen-bond acceptors (Lipinski definition) is 2. The van der Waals surface area contributed by atoms with E-state index in [0.717, 1.165) is 17.3 Å². The van der Waals surface area contributed by atoms with E-state index >= 15 is 0 Å². The molecule has 0 aliphatic heterocycles. The molecule has 0 radical (unpaired) electrons. The maximum atomic E-state index is 4.01. The zero-order valence-electron chi connectivity index (χ0n) is 12.5. The highest BCUT2D eigenvalue weighted by atomic mass is 32.2. The molecule has 2 rings (SSSR count). The van der Waals surface area contributed by atoms with Crippen molar-refractivity contribution in [2.75, 3.05) is 5.75 Å². The Labute approximate surface area is 118 Å². The molecule has 3 unspecified atom stereocenters. The Balaban J connectivity index is 1.81. The first kappa shape index (κ1) is 14.7. The molecule has 3 atom stereocenters. The second kappa shape index (κ2) is 6.65. The maximum Gasteiger partial charge on any atom is 0.0201 e. The Kier molecular flexibility index (Phi) is 5.44. The van der Waals surface area contributed by atoms with Crippen LogP contribution in [0.4, 0.5) is 0 Å². The van der Waals surface area contributed by atoms with E-state index in [1.807, 2.05) is 0 Å². The Morgan fingerprint density at radius 1 is 1.06 bits per heavy atom. The largest absolute Gasteiger partial charge is 0.310 e. The third-order valence-corrected chi connectivity index (χ3v) is 6.18. The molecule has 0 spiro atoms. The zero-order valence-corrected chi connectivity index (χ0v) is 13.3. The molecule has 2 fully saturated rings. The van der Waals surface area contributed by atoms with Crippen LogP contribution in [-0.2, 0) is 0 Å². The molecule has 0 aromatic rings. The van der Waals surface area contributed by atoms with Crippen molar-refractivity contribution in [2.45, 2.75) is 89.5 Å². The third kappa shape index (κ3) is 4.16. The second-order valence-electron chi connectivity index (χ2n) is 6.99. The zero-order chi connectivity index (χ0) is 13.0. The number of rotatable bonds is 4. The molecule has 18 heavy (non-hydrogen) atoms. The van der Waals surface area contributed by atoms with E-state index in [9.17, 15) is 0 Å². The summed E-state index contributed by atoms with van der Waals surface area (Å²) in [6.07, 6.45) is 11.3. The molecule has 2 aliphatic carbocycles. The van der Waals surface area contributed by atoms with Crippen LogP contribution in [0, 0.1) is 5.41 Å². The Hall–Kier alpha value is 0.310. The van der Waals surface area contributed by atoms with Gasteiger partial charge in [0, 0.05) is 17.3 Å². The smallest absolute Gasteiger partial charge is 0.0201 e. The highest BCUT2D eigenvalue weighted by Gasteiger charge is 2.30. The highest BCUT2D eigenvalue weighted by Crippen LogP contribution is 2.35. The molecule has 0 aromatic carbocycles. The van der Waals surface area contributed by atoms with Gasteiger partial charge in [0.25, 0.3) is 0 Å². The predicted molar refractivity (Wildman–Crippen MR) is 83.3 cm³/mol. The van der Waals surface area contributed by atoms with Gasteiger partial charge in [-0.05, 0) is 49.7 Å². The molecule has 2 heteroatoms. The lowest BCUT2D eigenvalue weighted by molar-refractivity contribution is 0.307. The quantitative estimate of drug-likeness (QED) is 0.748. The molecule has 2 aliphatic rings. The Bertz CT molecular complexity index is 251. The highest BCUT2D eigenvalue weighted by molar-refractivity contribution is 7.99. The average molecular weight is 269 g/mol. The van der Waals surface area contributed by atoms with E-state index in [-0.39, 0.29) is 0 Å². The minimum Gasteiger partial charge on any atom is -0.310 e. The molecule has 1 nitrogen and oxygen atoms in total. The van der Waals surface area contributed by atoms with E-state index in [2.05, 4.69) is 37.8 Å². The fourth-order valence-electron chi connectivity index (χ4n) is 3.66. The van der Waals surface area contributed by atoms with Crippen LogP contribution in [0.2, 0.25) is 0 Å². The van der Waals surface area contributed by atoms with Crippen molar-refractivity contribution >= 4 is 11.8 Å². The van der Waals surface area contributed by atoms with Gasteiger partial charge in [-0.2, -0.15) is 11.8 Å². The van der Waals surface area contributed by atoms with Crippen LogP contribution in [-0.4, -0.2) is 23.1 Å². The number of nitrogens with one attached hydrogen (secondary N) is 1. The molecule has 106 valence electrons. The van der Waals surface area contributed by atoms with Crippen LogP contribution in [0.1, 0.15) is 72.1 Å². The first-order valence-corrected chi connectivity index (χ1v) is 9.03. The van der Waals surface area contributed by atoms with E-state index < -0.39 is 0 Å². The number of hydrogen-bond donors (Lipinski definition) is 1. The van der Waals surface area contributed by atoms with Crippen molar-refractivity contribution in [3.05, 3.63) is 0 Å². The van der Waals surface area contributed by atoms with E-state index in [0.29, 0.717) is 5.41 Å². The van der Waals surface area contributed by atoms with Gasteiger partial charge < -0.3 is 5.32 Å². The van der Waals surface area contributed by atoms with Crippen molar-refractivity contribution in [1.82, 2.24) is 5.32 Å². The number of thioether (sulfide) groups is 1. The van der Waals surface area contributed by atoms with Gasteiger partial charge in [0.1, 0.15) is 0 Å². The second-order valence-corrected chi connectivity index (χ2v) is 8.51. The van der Waals surface area contributed by atoms with E-state index in [1.165, 1.54) is 57.1 Å². The van der Waals surface area contributed by atoms with Crippen LogP contribution in [0.5, 0.6) is 0 Å². The van der Waals surface area contributed by atoms with Gasteiger partial charge in [-0.15, -0.1) is 0 Å². The normalized spacial score (nSPS) is 36.5. The van der Waals surface area contributed by atoms with Gasteiger partial charge in [0.15, 0.2) is 0 Å². The fourth-order valence-corrected chi connectivity index (χ4v) is 4.87. The summed E-state index contributed by atoms with van der Waals surface area (Å²) < 4.78 is 0. The van der Waals surface area contributed by atoms with Crippen LogP contribution in [0.3, 0.4) is 0 Å².